The molecule has 0 unspecified atom stereocenters. The van der Waals surface area contributed by atoms with Crippen LogP contribution in [-0.2, 0) is 6.54 Å². The van der Waals surface area contributed by atoms with E-state index in [4.69, 9.17) is 11.1 Å². The summed E-state index contributed by atoms with van der Waals surface area (Å²) in [5.74, 6) is 0.0920. The minimum Gasteiger partial charge on any atom is -0.384 e. The standard InChI is InChI=1S/C9H11N3S/c10-9(11)8-3-1-7(2-4-8)5-12-6-13/h1-4,6H,5H2,(H3,10,11)(H,12,13). The Morgan fingerprint density at radius 3 is 2.54 bits per heavy atom. The molecule has 0 radical (unpaired) electrons. The minimum absolute atomic E-state index is 0.0920. The van der Waals surface area contributed by atoms with Gasteiger partial charge in [0.05, 0.1) is 5.49 Å². The van der Waals surface area contributed by atoms with Gasteiger partial charge in [-0.05, 0) is 5.56 Å². The third-order valence-electron chi connectivity index (χ3n) is 1.65. The van der Waals surface area contributed by atoms with Crippen molar-refractivity contribution in [1.82, 2.24) is 5.32 Å². The monoisotopic (exact) mass is 193 g/mol. The molecule has 0 bridgehead atoms. The van der Waals surface area contributed by atoms with Crippen LogP contribution in [-0.4, -0.2) is 11.3 Å². The first kappa shape index (κ1) is 9.67. The first-order chi connectivity index (χ1) is 6.24. The Hall–Kier alpha value is -1.42. The number of hydrogen-bond acceptors (Lipinski definition) is 2. The van der Waals surface area contributed by atoms with Gasteiger partial charge in [-0.25, -0.2) is 0 Å². The van der Waals surface area contributed by atoms with Gasteiger partial charge in [-0.2, -0.15) is 0 Å². The topological polar surface area (TPSA) is 61.9 Å². The van der Waals surface area contributed by atoms with Gasteiger partial charge in [0.15, 0.2) is 0 Å². The zero-order chi connectivity index (χ0) is 9.68. The summed E-state index contributed by atoms with van der Waals surface area (Å²) in [5.41, 5.74) is 8.65. The summed E-state index contributed by atoms with van der Waals surface area (Å²) in [6, 6.07) is 7.48. The molecule has 13 heavy (non-hydrogen) atoms. The average molecular weight is 193 g/mol. The Morgan fingerprint density at radius 1 is 1.46 bits per heavy atom. The van der Waals surface area contributed by atoms with Crippen LogP contribution < -0.4 is 11.1 Å². The van der Waals surface area contributed by atoms with Crippen LogP contribution in [0.15, 0.2) is 24.3 Å². The van der Waals surface area contributed by atoms with Crippen molar-refractivity contribution in [3.05, 3.63) is 35.4 Å². The SMILES string of the molecule is N=C(N)c1ccc(CNC=S)cc1. The molecule has 68 valence electrons. The van der Waals surface area contributed by atoms with Crippen LogP contribution in [0.2, 0.25) is 0 Å². The van der Waals surface area contributed by atoms with Gasteiger partial charge >= 0.3 is 0 Å². The van der Waals surface area contributed by atoms with E-state index in [9.17, 15) is 0 Å². The Labute approximate surface area is 82.5 Å². The van der Waals surface area contributed by atoms with Crippen LogP contribution >= 0.6 is 12.2 Å². The summed E-state index contributed by atoms with van der Waals surface area (Å²) < 4.78 is 0. The molecule has 0 aliphatic rings. The Morgan fingerprint density at radius 2 is 2.08 bits per heavy atom. The van der Waals surface area contributed by atoms with Crippen molar-refractivity contribution in [2.45, 2.75) is 6.54 Å². The molecule has 0 aliphatic heterocycles. The number of amidine groups is 1. The highest BCUT2D eigenvalue weighted by Crippen LogP contribution is 2.02. The van der Waals surface area contributed by atoms with Gasteiger partial charge in [0.2, 0.25) is 0 Å². The smallest absolute Gasteiger partial charge is 0.122 e. The fourth-order valence-corrected chi connectivity index (χ4v) is 1.05. The second-order valence-electron chi connectivity index (χ2n) is 2.61. The lowest BCUT2D eigenvalue weighted by atomic mass is 10.1. The van der Waals surface area contributed by atoms with Crippen LogP contribution in [0, 0.1) is 5.41 Å². The van der Waals surface area contributed by atoms with E-state index in [1.165, 1.54) is 5.49 Å². The Kier molecular flexibility index (Phi) is 3.40. The highest BCUT2D eigenvalue weighted by Gasteiger charge is 1.95. The molecule has 0 amide bonds. The van der Waals surface area contributed by atoms with Crippen LogP contribution in [0.25, 0.3) is 0 Å². The summed E-state index contributed by atoms with van der Waals surface area (Å²) >= 11 is 4.63. The third-order valence-corrected chi connectivity index (χ3v) is 1.82. The maximum Gasteiger partial charge on any atom is 0.122 e. The van der Waals surface area contributed by atoms with Gasteiger partial charge in [0.1, 0.15) is 5.84 Å². The molecule has 1 aromatic carbocycles. The molecule has 0 saturated heterocycles. The van der Waals surface area contributed by atoms with Gasteiger partial charge in [-0.1, -0.05) is 36.5 Å². The molecular weight excluding hydrogens is 182 g/mol. The van der Waals surface area contributed by atoms with E-state index in [2.05, 4.69) is 17.5 Å². The summed E-state index contributed by atoms with van der Waals surface area (Å²) in [6.45, 7) is 0.710. The molecule has 3 nitrogen and oxygen atoms in total. The van der Waals surface area contributed by atoms with E-state index in [1.807, 2.05) is 24.3 Å². The van der Waals surface area contributed by atoms with Crippen molar-refractivity contribution < 1.29 is 0 Å². The number of thiocarbonyl (C=S) groups is 1. The zero-order valence-electron chi connectivity index (χ0n) is 7.08. The molecule has 0 spiro atoms. The van der Waals surface area contributed by atoms with Crippen molar-refractivity contribution in [1.29, 1.82) is 5.41 Å². The number of nitrogen functional groups attached to an aromatic ring is 1. The van der Waals surface area contributed by atoms with Crippen molar-refractivity contribution in [2.24, 2.45) is 5.73 Å². The molecule has 0 heterocycles. The second kappa shape index (κ2) is 4.57. The highest BCUT2D eigenvalue weighted by molar-refractivity contribution is 7.78. The number of rotatable bonds is 4. The quantitative estimate of drug-likeness (QED) is 0.380. The van der Waals surface area contributed by atoms with E-state index in [0.717, 1.165) is 11.1 Å². The van der Waals surface area contributed by atoms with Crippen molar-refractivity contribution in [2.75, 3.05) is 0 Å². The second-order valence-corrected chi connectivity index (χ2v) is 2.85. The molecular formula is C9H11N3S. The summed E-state index contributed by atoms with van der Waals surface area (Å²) in [4.78, 5) is 0. The lowest BCUT2D eigenvalue weighted by Gasteiger charge is -2.02. The molecule has 0 atom stereocenters. The predicted octanol–water partition coefficient (Wildman–Crippen LogP) is 1.02. The van der Waals surface area contributed by atoms with Crippen LogP contribution in [0.5, 0.6) is 0 Å². The van der Waals surface area contributed by atoms with Gasteiger partial charge in [-0.15, -0.1) is 0 Å². The molecule has 4 N–H and O–H groups in total. The van der Waals surface area contributed by atoms with Crippen LogP contribution in [0.4, 0.5) is 0 Å². The van der Waals surface area contributed by atoms with E-state index >= 15 is 0 Å². The van der Waals surface area contributed by atoms with E-state index in [-0.39, 0.29) is 5.84 Å². The predicted molar refractivity (Wildman–Crippen MR) is 58.0 cm³/mol. The van der Waals surface area contributed by atoms with Crippen LogP contribution in [0.3, 0.4) is 0 Å². The number of benzene rings is 1. The molecule has 0 saturated carbocycles. The fourth-order valence-electron chi connectivity index (χ4n) is 0.962. The highest BCUT2D eigenvalue weighted by atomic mass is 32.1. The normalized spacial score (nSPS) is 9.23. The molecule has 0 fully saturated rings. The minimum atomic E-state index is 0.0920. The first-order valence-electron chi connectivity index (χ1n) is 3.84. The zero-order valence-corrected chi connectivity index (χ0v) is 7.90. The molecule has 4 heteroatoms. The van der Waals surface area contributed by atoms with Crippen molar-refractivity contribution in [3.63, 3.8) is 0 Å². The van der Waals surface area contributed by atoms with Gasteiger partial charge in [0.25, 0.3) is 0 Å². The lowest BCUT2D eigenvalue weighted by molar-refractivity contribution is 0.944. The van der Waals surface area contributed by atoms with Gasteiger partial charge < -0.3 is 11.1 Å². The van der Waals surface area contributed by atoms with Gasteiger partial charge in [-0.3, -0.25) is 5.41 Å². The van der Waals surface area contributed by atoms with E-state index < -0.39 is 0 Å². The Balaban J connectivity index is 2.69. The number of hydrogen-bond donors (Lipinski definition) is 3. The largest absolute Gasteiger partial charge is 0.384 e. The van der Waals surface area contributed by atoms with E-state index in [0.29, 0.717) is 6.54 Å². The summed E-state index contributed by atoms with van der Waals surface area (Å²) in [6.07, 6.45) is 0. The van der Waals surface area contributed by atoms with Crippen molar-refractivity contribution in [3.8, 4) is 0 Å². The lowest BCUT2D eigenvalue weighted by Crippen LogP contribution is -2.12. The maximum atomic E-state index is 7.18. The maximum absolute atomic E-state index is 7.18. The summed E-state index contributed by atoms with van der Waals surface area (Å²) in [7, 11) is 0. The third kappa shape index (κ3) is 2.83. The number of nitrogens with one attached hydrogen (secondary N) is 2. The Bertz CT molecular complexity index is 305. The fraction of sp³-hybridized carbons (Fsp3) is 0.111. The average Bonchev–Trinajstić information content (AvgIpc) is 2.15. The molecule has 0 aliphatic carbocycles. The molecule has 1 aromatic rings. The molecule has 0 aromatic heterocycles. The first-order valence-corrected chi connectivity index (χ1v) is 4.31. The van der Waals surface area contributed by atoms with E-state index in [1.54, 1.807) is 0 Å². The van der Waals surface area contributed by atoms with Crippen LogP contribution in [0.1, 0.15) is 11.1 Å². The number of nitrogens with two attached hydrogens (primary N) is 1. The molecule has 1 rings (SSSR count). The summed E-state index contributed by atoms with van der Waals surface area (Å²) in [5, 5.41) is 10.1. The van der Waals surface area contributed by atoms with Crippen molar-refractivity contribution >= 4 is 23.5 Å². The van der Waals surface area contributed by atoms with Gasteiger partial charge in [0, 0.05) is 12.1 Å².